The highest BCUT2D eigenvalue weighted by Gasteiger charge is 2.02. The Bertz CT molecular complexity index is 372. The summed E-state index contributed by atoms with van der Waals surface area (Å²) in [6.07, 6.45) is 24.1. The van der Waals surface area contributed by atoms with Crippen LogP contribution in [0.3, 0.4) is 0 Å². The van der Waals surface area contributed by atoms with Gasteiger partial charge in [-0.25, -0.2) is 4.57 Å². The highest BCUT2D eigenvalue weighted by molar-refractivity contribution is 5.05. The van der Waals surface area contributed by atoms with Crippen molar-refractivity contribution < 1.29 is 4.57 Å². The van der Waals surface area contributed by atoms with Crippen molar-refractivity contribution in [3.05, 3.63) is 30.1 Å². The first kappa shape index (κ1) is 20.2. The van der Waals surface area contributed by atoms with Gasteiger partial charge in [0, 0.05) is 18.1 Å². The maximum absolute atomic E-state index is 2.36. The second-order valence-electron chi connectivity index (χ2n) is 7.09. The molecular weight excluding hydrogens is 278 g/mol. The fourth-order valence-corrected chi connectivity index (χ4v) is 3.20. The maximum Gasteiger partial charge on any atom is 0.171 e. The van der Waals surface area contributed by atoms with Crippen LogP contribution in [-0.4, -0.2) is 0 Å². The number of pyridine rings is 1. The number of hydrogen-bond acceptors (Lipinski definition) is 0. The lowest BCUT2D eigenvalue weighted by atomic mass is 10.0. The van der Waals surface area contributed by atoms with E-state index in [-0.39, 0.29) is 0 Å². The third-order valence-corrected chi connectivity index (χ3v) is 4.76. The predicted molar refractivity (Wildman–Crippen MR) is 102 cm³/mol. The molecule has 0 aliphatic heterocycles. The number of rotatable bonds is 15. The Balaban J connectivity index is 1.96. The number of aryl methyl sites for hydroxylation is 2. The summed E-state index contributed by atoms with van der Waals surface area (Å²) < 4.78 is 2.36. The molecule has 0 atom stereocenters. The van der Waals surface area contributed by atoms with Crippen LogP contribution in [0.1, 0.15) is 103 Å². The fourth-order valence-electron chi connectivity index (χ4n) is 3.20. The van der Waals surface area contributed by atoms with E-state index in [1.807, 2.05) is 0 Å². The van der Waals surface area contributed by atoms with E-state index in [4.69, 9.17) is 0 Å². The van der Waals surface area contributed by atoms with Crippen molar-refractivity contribution in [2.75, 3.05) is 0 Å². The molecule has 0 amide bonds. The van der Waals surface area contributed by atoms with Crippen molar-refractivity contribution in [2.24, 2.45) is 0 Å². The summed E-state index contributed by atoms with van der Waals surface area (Å²) in [6.45, 7) is 5.72. The Morgan fingerprint density at radius 3 is 1.87 bits per heavy atom. The third-order valence-electron chi connectivity index (χ3n) is 4.76. The molecule has 1 aromatic rings. The molecule has 23 heavy (non-hydrogen) atoms. The molecule has 0 fully saturated rings. The molecule has 0 N–H and O–H groups in total. The van der Waals surface area contributed by atoms with Crippen molar-refractivity contribution in [3.8, 4) is 0 Å². The van der Waals surface area contributed by atoms with Crippen LogP contribution in [0.4, 0.5) is 0 Å². The van der Waals surface area contributed by atoms with E-state index >= 15 is 0 Å². The number of unbranched alkanes of at least 4 members (excludes halogenated alkanes) is 11. The zero-order valence-electron chi connectivity index (χ0n) is 15.9. The zero-order valence-corrected chi connectivity index (χ0v) is 15.9. The molecule has 0 bridgehead atoms. The lowest BCUT2D eigenvalue weighted by molar-refractivity contribution is -0.697. The van der Waals surface area contributed by atoms with Crippen LogP contribution in [0.15, 0.2) is 24.5 Å². The van der Waals surface area contributed by atoms with Gasteiger partial charge in [0.2, 0.25) is 0 Å². The Morgan fingerprint density at radius 2 is 1.26 bits per heavy atom. The SMILES string of the molecule is CCCCCCCCCCCCCc1ccc[n+](CCCC)c1. The molecule has 1 heterocycles. The molecule has 132 valence electrons. The zero-order chi connectivity index (χ0) is 16.6. The van der Waals surface area contributed by atoms with Gasteiger partial charge in [0.05, 0.1) is 0 Å². The minimum Gasteiger partial charge on any atom is -0.205 e. The van der Waals surface area contributed by atoms with E-state index in [0.29, 0.717) is 0 Å². The van der Waals surface area contributed by atoms with Gasteiger partial charge in [0.15, 0.2) is 12.4 Å². The molecule has 0 aliphatic carbocycles. The average molecular weight is 319 g/mol. The number of nitrogens with zero attached hydrogens (tertiary/aromatic N) is 1. The van der Waals surface area contributed by atoms with Gasteiger partial charge in [0.1, 0.15) is 6.54 Å². The molecule has 0 unspecified atom stereocenters. The largest absolute Gasteiger partial charge is 0.205 e. The van der Waals surface area contributed by atoms with Crippen molar-refractivity contribution in [1.82, 2.24) is 0 Å². The van der Waals surface area contributed by atoms with Crippen LogP contribution in [0, 0.1) is 0 Å². The van der Waals surface area contributed by atoms with E-state index in [1.165, 1.54) is 102 Å². The van der Waals surface area contributed by atoms with E-state index in [2.05, 4.69) is 42.9 Å². The first-order valence-corrected chi connectivity index (χ1v) is 10.3. The topological polar surface area (TPSA) is 3.88 Å². The van der Waals surface area contributed by atoms with Gasteiger partial charge in [-0.15, -0.1) is 0 Å². The maximum atomic E-state index is 2.36. The first-order chi connectivity index (χ1) is 11.4. The van der Waals surface area contributed by atoms with Gasteiger partial charge in [0.25, 0.3) is 0 Å². The Morgan fingerprint density at radius 1 is 0.696 bits per heavy atom. The van der Waals surface area contributed by atoms with Crippen molar-refractivity contribution in [3.63, 3.8) is 0 Å². The Kier molecular flexibility index (Phi) is 12.9. The molecule has 1 heteroatoms. The van der Waals surface area contributed by atoms with Crippen LogP contribution in [-0.2, 0) is 13.0 Å². The Labute approximate surface area is 145 Å². The average Bonchev–Trinajstić information content (AvgIpc) is 2.58. The second kappa shape index (κ2) is 14.7. The highest BCUT2D eigenvalue weighted by Crippen LogP contribution is 2.12. The molecular formula is C22H40N+. The van der Waals surface area contributed by atoms with Crippen LogP contribution in [0.25, 0.3) is 0 Å². The minimum atomic E-state index is 1.17. The van der Waals surface area contributed by atoms with Crippen LogP contribution < -0.4 is 4.57 Å². The summed E-state index contributed by atoms with van der Waals surface area (Å²) in [7, 11) is 0. The lowest BCUT2D eigenvalue weighted by Gasteiger charge is -2.03. The molecule has 0 radical (unpaired) electrons. The van der Waals surface area contributed by atoms with Gasteiger partial charge in [-0.2, -0.15) is 0 Å². The molecule has 1 rings (SSSR count). The van der Waals surface area contributed by atoms with Crippen LogP contribution >= 0.6 is 0 Å². The molecule has 0 aliphatic rings. The lowest BCUT2D eigenvalue weighted by Crippen LogP contribution is -2.33. The van der Waals surface area contributed by atoms with Crippen LogP contribution in [0.5, 0.6) is 0 Å². The summed E-state index contributed by atoms with van der Waals surface area (Å²) in [6, 6.07) is 4.50. The van der Waals surface area contributed by atoms with E-state index in [1.54, 1.807) is 0 Å². The molecule has 0 spiro atoms. The van der Waals surface area contributed by atoms with Gasteiger partial charge in [-0.1, -0.05) is 84.5 Å². The van der Waals surface area contributed by atoms with E-state index in [0.717, 1.165) is 0 Å². The number of hydrogen-bond donors (Lipinski definition) is 0. The molecule has 1 nitrogen and oxygen atoms in total. The third kappa shape index (κ3) is 11.3. The van der Waals surface area contributed by atoms with Crippen molar-refractivity contribution in [2.45, 2.75) is 110 Å². The van der Waals surface area contributed by atoms with Gasteiger partial charge in [-0.05, 0) is 18.9 Å². The molecule has 1 aromatic heterocycles. The van der Waals surface area contributed by atoms with Gasteiger partial charge in [-0.3, -0.25) is 0 Å². The predicted octanol–water partition coefficient (Wildman–Crippen LogP) is 6.63. The van der Waals surface area contributed by atoms with Crippen LogP contribution in [0.2, 0.25) is 0 Å². The summed E-state index contributed by atoms with van der Waals surface area (Å²) in [5.74, 6) is 0. The molecule has 0 aromatic carbocycles. The monoisotopic (exact) mass is 318 g/mol. The smallest absolute Gasteiger partial charge is 0.171 e. The van der Waals surface area contributed by atoms with E-state index < -0.39 is 0 Å². The minimum absolute atomic E-state index is 1.17. The fraction of sp³-hybridized carbons (Fsp3) is 0.773. The summed E-state index contributed by atoms with van der Waals surface area (Å²) in [5.41, 5.74) is 1.51. The van der Waals surface area contributed by atoms with Gasteiger partial charge >= 0.3 is 0 Å². The van der Waals surface area contributed by atoms with Crippen molar-refractivity contribution in [1.29, 1.82) is 0 Å². The first-order valence-electron chi connectivity index (χ1n) is 10.3. The summed E-state index contributed by atoms with van der Waals surface area (Å²) in [4.78, 5) is 0. The molecule has 0 saturated heterocycles. The summed E-state index contributed by atoms with van der Waals surface area (Å²) >= 11 is 0. The van der Waals surface area contributed by atoms with Gasteiger partial charge < -0.3 is 0 Å². The quantitative estimate of drug-likeness (QED) is 0.252. The normalized spacial score (nSPS) is 11.0. The number of aromatic nitrogens is 1. The van der Waals surface area contributed by atoms with E-state index in [9.17, 15) is 0 Å². The molecule has 0 saturated carbocycles. The van der Waals surface area contributed by atoms with Crippen molar-refractivity contribution >= 4 is 0 Å². The second-order valence-corrected chi connectivity index (χ2v) is 7.09. The summed E-state index contributed by atoms with van der Waals surface area (Å²) in [5, 5.41) is 0. The Hall–Kier alpha value is -0.850. The standard InChI is InChI=1S/C22H40N/c1-3-5-7-8-9-10-11-12-13-14-15-17-22-18-16-20-23(21-22)19-6-4-2/h16,18,20-21H,3-15,17,19H2,1-2H3/q+1. The highest BCUT2D eigenvalue weighted by atomic mass is 14.9.